The summed E-state index contributed by atoms with van der Waals surface area (Å²) in [6.45, 7) is 6.42. The van der Waals surface area contributed by atoms with Crippen LogP contribution in [0.3, 0.4) is 0 Å². The Labute approximate surface area is 110 Å². The van der Waals surface area contributed by atoms with Crippen molar-refractivity contribution in [2.24, 2.45) is 11.7 Å². The lowest BCUT2D eigenvalue weighted by atomic mass is 9.88. The summed E-state index contributed by atoms with van der Waals surface area (Å²) in [4.78, 5) is 24.7. The minimum atomic E-state index is -0.372. The normalized spacial score (nSPS) is 14.2. The van der Waals surface area contributed by atoms with E-state index in [0.29, 0.717) is 25.8 Å². The lowest BCUT2D eigenvalue weighted by Crippen LogP contribution is -2.55. The first-order chi connectivity index (χ1) is 8.23. The predicted octanol–water partition coefficient (Wildman–Crippen LogP) is 0.735. The van der Waals surface area contributed by atoms with Crippen LogP contribution in [0.2, 0.25) is 0 Å². The Morgan fingerprint density at radius 3 is 2.22 bits per heavy atom. The third-order valence-electron chi connectivity index (χ3n) is 3.42. The van der Waals surface area contributed by atoms with Crippen LogP contribution in [0.15, 0.2) is 0 Å². The molecule has 0 saturated carbocycles. The molecule has 0 aromatic heterocycles. The largest absolute Gasteiger partial charge is 0.349 e. The molecular weight excluding hydrogens is 230 g/mol. The maximum absolute atomic E-state index is 11.8. The Hall–Kier alpha value is -1.10. The molecular formula is C13H27N3O2. The third-order valence-corrected chi connectivity index (χ3v) is 3.42. The van der Waals surface area contributed by atoms with Gasteiger partial charge in [0.1, 0.15) is 0 Å². The number of hydrogen-bond donors (Lipinski definition) is 2. The summed E-state index contributed by atoms with van der Waals surface area (Å²) < 4.78 is 0. The molecule has 0 aliphatic heterocycles. The molecule has 3 N–H and O–H groups in total. The molecule has 1 unspecified atom stereocenters. The van der Waals surface area contributed by atoms with Gasteiger partial charge in [-0.25, -0.2) is 0 Å². The van der Waals surface area contributed by atoms with Crippen molar-refractivity contribution in [2.75, 3.05) is 20.6 Å². The van der Waals surface area contributed by atoms with Crippen molar-refractivity contribution in [3.8, 4) is 0 Å². The molecule has 1 atom stereocenters. The number of carbonyl (C=O) groups excluding carboxylic acids is 2. The van der Waals surface area contributed by atoms with Gasteiger partial charge in [-0.1, -0.05) is 13.8 Å². The molecule has 0 aromatic rings. The van der Waals surface area contributed by atoms with Gasteiger partial charge in [0.2, 0.25) is 11.8 Å². The highest BCUT2D eigenvalue weighted by Crippen LogP contribution is 2.15. The molecule has 0 bridgehead atoms. The highest BCUT2D eigenvalue weighted by molar-refractivity contribution is 5.79. The second-order valence-corrected chi connectivity index (χ2v) is 5.47. The molecule has 0 fully saturated rings. The monoisotopic (exact) mass is 257 g/mol. The number of rotatable bonds is 7. The van der Waals surface area contributed by atoms with Crippen LogP contribution in [-0.4, -0.2) is 42.9 Å². The summed E-state index contributed by atoms with van der Waals surface area (Å²) in [5.74, 6) is 0.284. The van der Waals surface area contributed by atoms with Crippen LogP contribution in [0.1, 0.15) is 40.0 Å². The molecule has 0 aliphatic carbocycles. The highest BCUT2D eigenvalue weighted by atomic mass is 16.2. The van der Waals surface area contributed by atoms with Gasteiger partial charge in [0, 0.05) is 33.5 Å². The van der Waals surface area contributed by atoms with Gasteiger partial charge in [-0.2, -0.15) is 0 Å². The number of nitrogens with zero attached hydrogens (tertiary/aromatic N) is 1. The molecule has 18 heavy (non-hydrogen) atoms. The average Bonchev–Trinajstić information content (AvgIpc) is 2.28. The van der Waals surface area contributed by atoms with E-state index in [1.165, 1.54) is 4.90 Å². The molecule has 0 heterocycles. The molecule has 0 spiro atoms. The Balaban J connectivity index is 4.08. The number of nitrogens with two attached hydrogens (primary N) is 1. The zero-order valence-corrected chi connectivity index (χ0v) is 12.2. The van der Waals surface area contributed by atoms with Crippen LogP contribution in [0, 0.1) is 5.92 Å². The Kier molecular flexibility index (Phi) is 6.91. The molecule has 2 amide bonds. The van der Waals surface area contributed by atoms with Crippen LogP contribution >= 0.6 is 0 Å². The van der Waals surface area contributed by atoms with E-state index in [0.717, 1.165) is 0 Å². The second kappa shape index (κ2) is 7.36. The van der Waals surface area contributed by atoms with E-state index < -0.39 is 0 Å². The van der Waals surface area contributed by atoms with E-state index in [2.05, 4.69) is 5.32 Å². The van der Waals surface area contributed by atoms with Gasteiger partial charge in [0.05, 0.1) is 5.54 Å². The van der Waals surface area contributed by atoms with Crippen molar-refractivity contribution in [3.05, 3.63) is 0 Å². The van der Waals surface area contributed by atoms with Crippen molar-refractivity contribution in [2.45, 2.75) is 45.6 Å². The third kappa shape index (κ3) is 5.49. The van der Waals surface area contributed by atoms with Crippen molar-refractivity contribution < 1.29 is 9.59 Å². The average molecular weight is 257 g/mol. The Bertz CT molecular complexity index is 290. The van der Waals surface area contributed by atoms with Gasteiger partial charge >= 0.3 is 0 Å². The zero-order valence-electron chi connectivity index (χ0n) is 12.2. The van der Waals surface area contributed by atoms with Gasteiger partial charge < -0.3 is 16.0 Å². The van der Waals surface area contributed by atoms with Crippen LogP contribution < -0.4 is 11.1 Å². The fourth-order valence-electron chi connectivity index (χ4n) is 1.44. The smallest absolute Gasteiger partial charge is 0.222 e. The highest BCUT2D eigenvalue weighted by Gasteiger charge is 2.28. The summed E-state index contributed by atoms with van der Waals surface area (Å²) in [5.41, 5.74) is 5.32. The van der Waals surface area contributed by atoms with Crippen molar-refractivity contribution in [1.82, 2.24) is 10.2 Å². The van der Waals surface area contributed by atoms with Gasteiger partial charge in [-0.05, 0) is 19.3 Å². The maximum atomic E-state index is 11.8. The van der Waals surface area contributed by atoms with Crippen molar-refractivity contribution in [1.29, 1.82) is 0 Å². The van der Waals surface area contributed by atoms with E-state index in [1.54, 1.807) is 14.1 Å². The maximum Gasteiger partial charge on any atom is 0.222 e. The van der Waals surface area contributed by atoms with Crippen molar-refractivity contribution >= 4 is 11.8 Å². The molecule has 0 rings (SSSR count). The number of nitrogens with one attached hydrogen (secondary N) is 1. The predicted molar refractivity (Wildman–Crippen MR) is 73.0 cm³/mol. The van der Waals surface area contributed by atoms with Gasteiger partial charge in [0.25, 0.3) is 0 Å². The number of carbonyl (C=O) groups is 2. The standard InChI is InChI=1S/C13H27N3O2/c1-10(2)13(3,9-14)15-11(17)7-6-8-12(18)16(4)5/h10H,6-9,14H2,1-5H3,(H,15,17). The molecule has 5 nitrogen and oxygen atoms in total. The zero-order chi connectivity index (χ0) is 14.3. The topological polar surface area (TPSA) is 75.4 Å². The quantitative estimate of drug-likeness (QED) is 0.706. The first-order valence-corrected chi connectivity index (χ1v) is 6.44. The lowest BCUT2D eigenvalue weighted by Gasteiger charge is -2.33. The Morgan fingerprint density at radius 1 is 1.28 bits per heavy atom. The van der Waals surface area contributed by atoms with E-state index in [4.69, 9.17) is 5.73 Å². The first-order valence-electron chi connectivity index (χ1n) is 6.44. The van der Waals surface area contributed by atoms with Crippen LogP contribution in [0.25, 0.3) is 0 Å². The molecule has 0 radical (unpaired) electrons. The fourth-order valence-corrected chi connectivity index (χ4v) is 1.44. The van der Waals surface area contributed by atoms with E-state index in [9.17, 15) is 9.59 Å². The van der Waals surface area contributed by atoms with Crippen LogP contribution in [-0.2, 0) is 9.59 Å². The SMILES string of the molecule is CC(C)C(C)(CN)NC(=O)CCCC(=O)N(C)C. The summed E-state index contributed by atoms with van der Waals surface area (Å²) >= 11 is 0. The summed E-state index contributed by atoms with van der Waals surface area (Å²) in [6, 6.07) is 0. The van der Waals surface area contributed by atoms with Crippen molar-refractivity contribution in [3.63, 3.8) is 0 Å². The van der Waals surface area contributed by atoms with Crippen LogP contribution in [0.5, 0.6) is 0 Å². The minimum Gasteiger partial charge on any atom is -0.349 e. The minimum absolute atomic E-state index is 0.0387. The van der Waals surface area contributed by atoms with Gasteiger partial charge in [-0.3, -0.25) is 9.59 Å². The van der Waals surface area contributed by atoms with Gasteiger partial charge in [-0.15, -0.1) is 0 Å². The number of amides is 2. The summed E-state index contributed by atoms with van der Waals surface area (Å²) in [6.07, 6.45) is 1.34. The molecule has 0 saturated heterocycles. The van der Waals surface area contributed by atoms with E-state index in [1.807, 2.05) is 20.8 Å². The van der Waals surface area contributed by atoms with Crippen LogP contribution in [0.4, 0.5) is 0 Å². The second-order valence-electron chi connectivity index (χ2n) is 5.47. The van der Waals surface area contributed by atoms with E-state index >= 15 is 0 Å². The fraction of sp³-hybridized carbons (Fsp3) is 0.846. The molecule has 0 aromatic carbocycles. The lowest BCUT2D eigenvalue weighted by molar-refractivity contribution is -0.129. The summed E-state index contributed by atoms with van der Waals surface area (Å²) in [5, 5.41) is 2.96. The van der Waals surface area contributed by atoms with Gasteiger partial charge in [0.15, 0.2) is 0 Å². The summed E-state index contributed by atoms with van der Waals surface area (Å²) in [7, 11) is 3.43. The first kappa shape index (κ1) is 16.9. The molecule has 0 aliphatic rings. The molecule has 106 valence electrons. The van der Waals surface area contributed by atoms with E-state index in [-0.39, 0.29) is 23.3 Å². The molecule has 5 heteroatoms. The Morgan fingerprint density at radius 2 is 1.83 bits per heavy atom. The number of hydrogen-bond acceptors (Lipinski definition) is 3.